The van der Waals surface area contributed by atoms with Crippen LogP contribution in [-0.4, -0.2) is 57.8 Å². The van der Waals surface area contributed by atoms with E-state index >= 15 is 0 Å². The van der Waals surface area contributed by atoms with Gasteiger partial charge in [-0.3, -0.25) is 4.90 Å². The number of aliphatic hydroxyl groups excluding tert-OH is 2. The van der Waals surface area contributed by atoms with Crippen molar-refractivity contribution >= 4 is 0 Å². The number of β-amino-alcohol motifs (C(OH)–C–C–N with tert-alkyl or cyclic N) is 1. The predicted octanol–water partition coefficient (Wildman–Crippen LogP) is -0.100. The molecule has 6 rings (SSSR count). The number of hydrogen-bond donors (Lipinski definition) is 3. The Kier molecular flexibility index (Phi) is 2.07. The van der Waals surface area contributed by atoms with Crippen LogP contribution in [0.4, 0.5) is 0 Å². The van der Waals surface area contributed by atoms with Crippen LogP contribution in [0.3, 0.4) is 0 Å². The molecule has 0 aromatic heterocycles. The second-order valence-corrected chi connectivity index (χ2v) is 7.67. The van der Waals surface area contributed by atoms with E-state index in [0.29, 0.717) is 18.0 Å². The van der Waals surface area contributed by atoms with Gasteiger partial charge >= 0.3 is 0 Å². The summed E-state index contributed by atoms with van der Waals surface area (Å²) in [5.41, 5.74) is 0.257. The van der Waals surface area contributed by atoms with Gasteiger partial charge in [0.15, 0.2) is 11.5 Å². The first-order valence-electron chi connectivity index (χ1n) is 8.35. The Morgan fingerprint density at radius 3 is 2.74 bits per heavy atom. The highest BCUT2D eigenvalue weighted by molar-refractivity contribution is 5.58. The molecule has 1 aromatic carbocycles. The standard InChI is InChI=1S/C17H19NO5/c19-13-12-8-4-10-11(23-7-22-10)5-9(8)17(21)6-18-3-1-2-16(12,18)15(17)14(13)20/h4-5,12-15,19-21H,1-3,6-7H2. The van der Waals surface area contributed by atoms with Crippen molar-refractivity contribution in [1.82, 2.24) is 4.90 Å². The molecule has 2 aliphatic carbocycles. The Hall–Kier alpha value is -1.34. The van der Waals surface area contributed by atoms with Crippen molar-refractivity contribution in [2.45, 2.75) is 42.1 Å². The fraction of sp³-hybridized carbons (Fsp3) is 0.647. The van der Waals surface area contributed by atoms with Gasteiger partial charge in [0.05, 0.1) is 12.2 Å². The van der Waals surface area contributed by atoms with E-state index in [1.165, 1.54) is 0 Å². The Balaban J connectivity index is 1.69. The van der Waals surface area contributed by atoms with E-state index in [2.05, 4.69) is 4.90 Å². The van der Waals surface area contributed by atoms with Crippen molar-refractivity contribution < 1.29 is 24.8 Å². The zero-order chi connectivity index (χ0) is 15.6. The summed E-state index contributed by atoms with van der Waals surface area (Å²) in [5, 5.41) is 33.1. The molecule has 6 nitrogen and oxygen atoms in total. The quantitative estimate of drug-likeness (QED) is 0.620. The molecule has 1 aromatic rings. The third kappa shape index (κ3) is 1.16. The smallest absolute Gasteiger partial charge is 0.231 e. The van der Waals surface area contributed by atoms with Crippen LogP contribution in [0.5, 0.6) is 11.5 Å². The molecule has 3 fully saturated rings. The van der Waals surface area contributed by atoms with E-state index < -0.39 is 17.8 Å². The normalized spacial score (nSPS) is 48.7. The summed E-state index contributed by atoms with van der Waals surface area (Å²) in [6.45, 7) is 1.62. The van der Waals surface area contributed by atoms with Gasteiger partial charge in [-0.2, -0.15) is 0 Å². The van der Waals surface area contributed by atoms with Gasteiger partial charge < -0.3 is 24.8 Å². The SMILES string of the molecule is OC1C(O)C2C3(O)CN4CCCC24C1c1cc2c(cc13)OCO2. The van der Waals surface area contributed by atoms with Crippen LogP contribution in [0.25, 0.3) is 0 Å². The van der Waals surface area contributed by atoms with E-state index in [1.807, 2.05) is 12.1 Å². The van der Waals surface area contributed by atoms with Crippen LogP contribution in [0.2, 0.25) is 0 Å². The molecule has 6 unspecified atom stereocenters. The molecule has 2 saturated heterocycles. The van der Waals surface area contributed by atoms with Crippen molar-refractivity contribution in [3.63, 3.8) is 0 Å². The van der Waals surface area contributed by atoms with Gasteiger partial charge in [0, 0.05) is 23.9 Å². The number of rotatable bonds is 0. The number of nitrogens with zero attached hydrogens (tertiary/aromatic N) is 1. The minimum absolute atomic E-state index is 0.183. The molecule has 23 heavy (non-hydrogen) atoms. The number of hydrogen-bond acceptors (Lipinski definition) is 6. The number of fused-ring (bicyclic) bond motifs is 4. The molecule has 6 atom stereocenters. The van der Waals surface area contributed by atoms with E-state index in [9.17, 15) is 15.3 Å². The molecule has 0 radical (unpaired) electrons. The van der Waals surface area contributed by atoms with Gasteiger partial charge in [0.2, 0.25) is 6.79 Å². The molecule has 3 aliphatic heterocycles. The number of aliphatic hydroxyl groups is 3. The van der Waals surface area contributed by atoms with Gasteiger partial charge in [0.25, 0.3) is 0 Å². The summed E-state index contributed by atoms with van der Waals surface area (Å²) in [5.74, 6) is 0.783. The molecule has 3 heterocycles. The van der Waals surface area contributed by atoms with E-state index in [-0.39, 0.29) is 24.2 Å². The lowest BCUT2D eigenvalue weighted by Gasteiger charge is -2.44. The Morgan fingerprint density at radius 2 is 1.91 bits per heavy atom. The van der Waals surface area contributed by atoms with Gasteiger partial charge in [-0.25, -0.2) is 0 Å². The minimum Gasteiger partial charge on any atom is -0.454 e. The molecule has 5 aliphatic rings. The van der Waals surface area contributed by atoms with Crippen molar-refractivity contribution in [3.05, 3.63) is 23.3 Å². The number of ether oxygens (including phenoxy) is 2. The molecule has 0 amide bonds. The lowest BCUT2D eigenvalue weighted by atomic mass is 9.64. The summed E-state index contributed by atoms with van der Waals surface area (Å²) in [7, 11) is 0. The van der Waals surface area contributed by atoms with Crippen molar-refractivity contribution in [1.29, 1.82) is 0 Å². The van der Waals surface area contributed by atoms with Crippen LogP contribution < -0.4 is 9.47 Å². The summed E-state index contributed by atoms with van der Waals surface area (Å²) >= 11 is 0. The molecule has 3 N–H and O–H groups in total. The monoisotopic (exact) mass is 317 g/mol. The third-order valence-corrected chi connectivity index (χ3v) is 7.00. The highest BCUT2D eigenvalue weighted by Crippen LogP contribution is 2.69. The lowest BCUT2D eigenvalue weighted by Crippen LogP contribution is -2.51. The summed E-state index contributed by atoms with van der Waals surface area (Å²) in [6, 6.07) is 3.77. The molecular formula is C17H19NO5. The van der Waals surface area contributed by atoms with Crippen molar-refractivity contribution in [3.8, 4) is 11.5 Å². The summed E-state index contributed by atoms with van der Waals surface area (Å²) in [4.78, 5) is 2.30. The topological polar surface area (TPSA) is 82.4 Å². The molecule has 122 valence electrons. The van der Waals surface area contributed by atoms with Crippen molar-refractivity contribution in [2.24, 2.45) is 5.92 Å². The highest BCUT2D eigenvalue weighted by atomic mass is 16.7. The largest absolute Gasteiger partial charge is 0.454 e. The van der Waals surface area contributed by atoms with Crippen LogP contribution in [-0.2, 0) is 5.60 Å². The maximum Gasteiger partial charge on any atom is 0.231 e. The van der Waals surface area contributed by atoms with Crippen LogP contribution >= 0.6 is 0 Å². The Labute approximate surface area is 133 Å². The average Bonchev–Trinajstić information content (AvgIpc) is 3.19. The Bertz CT molecular complexity index is 738. The third-order valence-electron chi connectivity index (χ3n) is 7.00. The van der Waals surface area contributed by atoms with E-state index in [1.54, 1.807) is 0 Å². The minimum atomic E-state index is -1.13. The number of benzene rings is 1. The zero-order valence-electron chi connectivity index (χ0n) is 12.6. The van der Waals surface area contributed by atoms with Crippen LogP contribution in [0.15, 0.2) is 12.1 Å². The van der Waals surface area contributed by atoms with Crippen LogP contribution in [0, 0.1) is 5.92 Å². The Morgan fingerprint density at radius 1 is 1.13 bits per heavy atom. The summed E-state index contributed by atoms with van der Waals surface area (Å²) in [6.07, 6.45) is 0.195. The van der Waals surface area contributed by atoms with Gasteiger partial charge in [0.1, 0.15) is 5.60 Å². The van der Waals surface area contributed by atoms with Gasteiger partial charge in [-0.05, 0) is 42.6 Å². The fourth-order valence-electron chi connectivity index (χ4n) is 6.41. The van der Waals surface area contributed by atoms with Gasteiger partial charge in [-0.1, -0.05) is 0 Å². The fourth-order valence-corrected chi connectivity index (χ4v) is 6.41. The molecule has 1 saturated carbocycles. The van der Waals surface area contributed by atoms with Crippen molar-refractivity contribution in [2.75, 3.05) is 19.9 Å². The first-order valence-corrected chi connectivity index (χ1v) is 8.35. The predicted molar refractivity (Wildman–Crippen MR) is 78.2 cm³/mol. The zero-order valence-corrected chi connectivity index (χ0v) is 12.6. The molecule has 4 bridgehead atoms. The second-order valence-electron chi connectivity index (χ2n) is 7.67. The first kappa shape index (κ1) is 13.0. The van der Waals surface area contributed by atoms with Crippen LogP contribution in [0.1, 0.15) is 29.9 Å². The van der Waals surface area contributed by atoms with Gasteiger partial charge in [-0.15, -0.1) is 0 Å². The van der Waals surface area contributed by atoms with E-state index in [4.69, 9.17) is 9.47 Å². The first-order chi connectivity index (χ1) is 11.1. The molecular weight excluding hydrogens is 298 g/mol. The molecule has 1 spiro atoms. The second kappa shape index (κ2) is 3.67. The maximum absolute atomic E-state index is 11.6. The van der Waals surface area contributed by atoms with E-state index in [0.717, 1.165) is 30.5 Å². The maximum atomic E-state index is 11.6. The lowest BCUT2D eigenvalue weighted by molar-refractivity contribution is -0.0707. The summed E-state index contributed by atoms with van der Waals surface area (Å²) < 4.78 is 11.0. The highest BCUT2D eigenvalue weighted by Gasteiger charge is 2.77. The molecule has 6 heteroatoms. The average molecular weight is 317 g/mol.